The van der Waals surface area contributed by atoms with Gasteiger partial charge in [0.05, 0.1) is 18.8 Å². The number of para-hydroxylation sites is 1. The average molecular weight is 417 g/mol. The maximum absolute atomic E-state index is 12.7. The highest BCUT2D eigenvalue weighted by atomic mass is 16.5. The van der Waals surface area contributed by atoms with Gasteiger partial charge in [-0.15, -0.1) is 0 Å². The minimum Gasteiger partial charge on any atom is -0.380 e. The molecule has 0 aliphatic carbocycles. The number of imide groups is 2. The summed E-state index contributed by atoms with van der Waals surface area (Å²) in [4.78, 5) is 39.2. The largest absolute Gasteiger partial charge is 0.380 e. The monoisotopic (exact) mass is 416 g/mol. The van der Waals surface area contributed by atoms with E-state index in [2.05, 4.69) is 6.92 Å². The Morgan fingerprint density at radius 1 is 0.767 bits per heavy atom. The Morgan fingerprint density at radius 2 is 1.37 bits per heavy atom. The SMILES string of the molecule is CCCCCCCCCCCCOCCN1C(=O)CC(=O)N(c2ccccc2)C1=O. The average Bonchev–Trinajstić information content (AvgIpc) is 2.74. The molecule has 0 unspecified atom stereocenters. The van der Waals surface area contributed by atoms with Crippen LogP contribution >= 0.6 is 0 Å². The fourth-order valence-electron chi connectivity index (χ4n) is 3.64. The molecule has 1 saturated heterocycles. The normalized spacial score (nSPS) is 14.6. The first-order valence-corrected chi connectivity index (χ1v) is 11.4. The van der Waals surface area contributed by atoms with Crippen molar-refractivity contribution in [2.75, 3.05) is 24.7 Å². The third kappa shape index (κ3) is 7.90. The summed E-state index contributed by atoms with van der Waals surface area (Å²) >= 11 is 0. The van der Waals surface area contributed by atoms with Gasteiger partial charge in [-0.2, -0.15) is 0 Å². The lowest BCUT2D eigenvalue weighted by molar-refractivity contribution is -0.135. The van der Waals surface area contributed by atoms with Crippen LogP contribution in [-0.4, -0.2) is 42.5 Å². The minimum atomic E-state index is -0.593. The molecule has 30 heavy (non-hydrogen) atoms. The Hall–Kier alpha value is -2.21. The number of hydrogen-bond donors (Lipinski definition) is 0. The van der Waals surface area contributed by atoms with Gasteiger partial charge in [-0.05, 0) is 18.6 Å². The number of amides is 4. The van der Waals surface area contributed by atoms with Gasteiger partial charge >= 0.3 is 6.03 Å². The molecule has 1 aromatic carbocycles. The third-order valence-electron chi connectivity index (χ3n) is 5.39. The van der Waals surface area contributed by atoms with E-state index in [4.69, 9.17) is 4.74 Å². The molecule has 166 valence electrons. The number of carbonyl (C=O) groups excluding carboxylic acids is 3. The van der Waals surface area contributed by atoms with Crippen molar-refractivity contribution in [2.45, 2.75) is 77.6 Å². The van der Waals surface area contributed by atoms with Gasteiger partial charge in [0.15, 0.2) is 0 Å². The molecule has 0 spiro atoms. The second-order valence-electron chi connectivity index (χ2n) is 7.86. The number of benzene rings is 1. The first kappa shape index (κ1) is 24.1. The Labute approximate surface area is 180 Å². The van der Waals surface area contributed by atoms with Crippen LogP contribution in [0.4, 0.5) is 10.5 Å². The fourth-order valence-corrected chi connectivity index (χ4v) is 3.64. The Morgan fingerprint density at radius 3 is 2.00 bits per heavy atom. The molecular weight excluding hydrogens is 380 g/mol. The number of anilines is 1. The molecule has 0 saturated carbocycles. The van der Waals surface area contributed by atoms with Crippen LogP contribution in [0.15, 0.2) is 30.3 Å². The zero-order valence-electron chi connectivity index (χ0n) is 18.3. The second-order valence-corrected chi connectivity index (χ2v) is 7.86. The summed E-state index contributed by atoms with van der Waals surface area (Å²) in [6.07, 6.45) is 12.4. The van der Waals surface area contributed by atoms with E-state index in [1.165, 1.54) is 51.4 Å². The molecule has 1 fully saturated rings. The molecule has 0 atom stereocenters. The number of unbranched alkanes of at least 4 members (excludes halogenated alkanes) is 9. The van der Waals surface area contributed by atoms with Gasteiger partial charge in [-0.25, -0.2) is 9.69 Å². The number of nitrogens with zero attached hydrogens (tertiary/aromatic N) is 2. The summed E-state index contributed by atoms with van der Waals surface area (Å²) in [7, 11) is 0. The third-order valence-corrected chi connectivity index (χ3v) is 5.39. The lowest BCUT2D eigenvalue weighted by atomic mass is 10.1. The maximum atomic E-state index is 12.7. The molecule has 0 bridgehead atoms. The summed E-state index contributed by atoms with van der Waals surface area (Å²) in [6, 6.07) is 8.10. The Balaban J connectivity index is 1.58. The lowest BCUT2D eigenvalue weighted by Crippen LogP contribution is -2.56. The number of urea groups is 1. The molecule has 6 heteroatoms. The van der Waals surface area contributed by atoms with Gasteiger partial charge in [0, 0.05) is 6.61 Å². The summed E-state index contributed by atoms with van der Waals surface area (Å²) in [5.41, 5.74) is 0.483. The predicted molar refractivity (Wildman–Crippen MR) is 118 cm³/mol. The van der Waals surface area contributed by atoms with Crippen molar-refractivity contribution in [2.24, 2.45) is 0 Å². The van der Waals surface area contributed by atoms with Crippen LogP contribution in [0.2, 0.25) is 0 Å². The summed E-state index contributed by atoms with van der Waals surface area (Å²) < 4.78 is 5.62. The summed E-state index contributed by atoms with van der Waals surface area (Å²) in [6.45, 7) is 3.34. The molecule has 1 heterocycles. The zero-order valence-corrected chi connectivity index (χ0v) is 18.3. The molecule has 0 N–H and O–H groups in total. The zero-order chi connectivity index (χ0) is 21.6. The van der Waals surface area contributed by atoms with Crippen molar-refractivity contribution in [3.8, 4) is 0 Å². The highest BCUT2D eigenvalue weighted by Gasteiger charge is 2.38. The molecule has 0 radical (unpaired) electrons. The molecular formula is C24H36N2O4. The van der Waals surface area contributed by atoms with Gasteiger partial charge in [0.1, 0.15) is 6.42 Å². The minimum absolute atomic E-state index is 0.173. The second kappa shape index (κ2) is 13.9. The van der Waals surface area contributed by atoms with Crippen LogP contribution < -0.4 is 4.90 Å². The Kier molecular flexibility index (Phi) is 11.2. The van der Waals surface area contributed by atoms with Crippen molar-refractivity contribution >= 4 is 23.5 Å². The van der Waals surface area contributed by atoms with Crippen LogP contribution in [0.25, 0.3) is 0 Å². The van der Waals surface area contributed by atoms with E-state index in [9.17, 15) is 14.4 Å². The van der Waals surface area contributed by atoms with E-state index in [0.29, 0.717) is 18.9 Å². The van der Waals surface area contributed by atoms with E-state index in [1.807, 2.05) is 6.07 Å². The maximum Gasteiger partial charge on any atom is 0.338 e. The van der Waals surface area contributed by atoms with E-state index >= 15 is 0 Å². The number of barbiturate groups is 1. The first-order valence-electron chi connectivity index (χ1n) is 11.4. The molecule has 1 aromatic rings. The van der Waals surface area contributed by atoms with Crippen LogP contribution in [0.1, 0.15) is 77.6 Å². The highest BCUT2D eigenvalue weighted by molar-refractivity contribution is 6.26. The summed E-state index contributed by atoms with van der Waals surface area (Å²) in [5.74, 6) is -0.946. The van der Waals surface area contributed by atoms with Gasteiger partial charge in [0.2, 0.25) is 11.8 Å². The molecule has 2 rings (SSSR count). The van der Waals surface area contributed by atoms with Gasteiger partial charge in [-0.3, -0.25) is 14.5 Å². The number of carbonyl (C=O) groups is 3. The predicted octanol–water partition coefficient (Wildman–Crippen LogP) is 5.31. The number of rotatable bonds is 15. The Bertz CT molecular complexity index is 662. The van der Waals surface area contributed by atoms with Crippen molar-refractivity contribution in [3.05, 3.63) is 30.3 Å². The van der Waals surface area contributed by atoms with Gasteiger partial charge in [-0.1, -0.05) is 82.9 Å². The lowest BCUT2D eigenvalue weighted by Gasteiger charge is -2.32. The van der Waals surface area contributed by atoms with Crippen LogP contribution in [0.5, 0.6) is 0 Å². The van der Waals surface area contributed by atoms with Crippen LogP contribution in [0.3, 0.4) is 0 Å². The molecule has 1 aliphatic rings. The van der Waals surface area contributed by atoms with E-state index < -0.39 is 17.8 Å². The fraction of sp³-hybridized carbons (Fsp3) is 0.625. The molecule has 1 aliphatic heterocycles. The van der Waals surface area contributed by atoms with Crippen LogP contribution in [0, 0.1) is 0 Å². The first-order chi connectivity index (χ1) is 14.6. The number of ether oxygens (including phenoxy) is 1. The van der Waals surface area contributed by atoms with Gasteiger partial charge < -0.3 is 4.74 Å². The highest BCUT2D eigenvalue weighted by Crippen LogP contribution is 2.21. The van der Waals surface area contributed by atoms with Crippen LogP contribution in [-0.2, 0) is 14.3 Å². The van der Waals surface area contributed by atoms with Crippen molar-refractivity contribution in [1.82, 2.24) is 4.90 Å². The molecule has 6 nitrogen and oxygen atoms in total. The topological polar surface area (TPSA) is 66.9 Å². The van der Waals surface area contributed by atoms with E-state index in [-0.39, 0.29) is 13.0 Å². The quantitative estimate of drug-likeness (QED) is 0.287. The standard InChI is InChI=1S/C24H36N2O4/c1-2-3-4-5-6-7-8-9-10-14-18-30-19-17-25-22(27)20-23(28)26(24(25)29)21-15-12-11-13-16-21/h11-13,15-16H,2-10,14,17-20H2,1H3. The van der Waals surface area contributed by atoms with Crippen molar-refractivity contribution in [1.29, 1.82) is 0 Å². The number of hydrogen-bond acceptors (Lipinski definition) is 4. The van der Waals surface area contributed by atoms with E-state index in [1.54, 1.807) is 24.3 Å². The van der Waals surface area contributed by atoms with Crippen molar-refractivity contribution < 1.29 is 19.1 Å². The molecule has 4 amide bonds. The smallest absolute Gasteiger partial charge is 0.338 e. The van der Waals surface area contributed by atoms with Gasteiger partial charge in [0.25, 0.3) is 0 Å². The molecule has 0 aromatic heterocycles. The van der Waals surface area contributed by atoms with E-state index in [0.717, 1.165) is 22.6 Å². The summed E-state index contributed by atoms with van der Waals surface area (Å²) in [5, 5.41) is 0. The van der Waals surface area contributed by atoms with Crippen molar-refractivity contribution in [3.63, 3.8) is 0 Å².